The fourth-order valence-electron chi connectivity index (χ4n) is 2.31. The number of carbonyl (C=O) groups is 1. The van der Waals surface area contributed by atoms with Crippen LogP contribution >= 0.6 is 0 Å². The molecule has 0 aliphatic carbocycles. The van der Waals surface area contributed by atoms with Gasteiger partial charge in [-0.3, -0.25) is 4.79 Å². The molecular formula is C18H18N4O. The van der Waals surface area contributed by atoms with Gasteiger partial charge in [-0.1, -0.05) is 24.3 Å². The fraction of sp³-hybridized carbons (Fsp3) is 0.167. The Hall–Kier alpha value is -2.95. The maximum Gasteiger partial charge on any atom is 0.295 e. The lowest BCUT2D eigenvalue weighted by Gasteiger charge is -2.06. The number of anilines is 1. The highest BCUT2D eigenvalue weighted by atomic mass is 16.2. The van der Waals surface area contributed by atoms with E-state index in [0.29, 0.717) is 0 Å². The molecule has 1 heterocycles. The maximum atomic E-state index is 12.3. The van der Waals surface area contributed by atoms with Crippen LogP contribution in [0.2, 0.25) is 0 Å². The Morgan fingerprint density at radius 1 is 1.00 bits per heavy atom. The van der Waals surface area contributed by atoms with Crippen LogP contribution in [-0.4, -0.2) is 20.7 Å². The first-order chi connectivity index (χ1) is 11.0. The molecule has 1 amide bonds. The number of carbonyl (C=O) groups excluding carboxylic acids is 1. The average Bonchev–Trinajstić information content (AvgIpc) is 3.01. The zero-order valence-corrected chi connectivity index (χ0v) is 13.4. The van der Waals surface area contributed by atoms with Crippen molar-refractivity contribution in [3.05, 3.63) is 71.3 Å². The maximum absolute atomic E-state index is 12.3. The van der Waals surface area contributed by atoms with Crippen molar-refractivity contribution in [1.29, 1.82) is 0 Å². The predicted octanol–water partition coefficient (Wildman–Crippen LogP) is 3.44. The van der Waals surface area contributed by atoms with E-state index in [2.05, 4.69) is 15.4 Å². The van der Waals surface area contributed by atoms with E-state index in [4.69, 9.17) is 0 Å². The van der Waals surface area contributed by atoms with Gasteiger partial charge in [-0.25, -0.2) is 9.67 Å². The largest absolute Gasteiger partial charge is 0.319 e. The van der Waals surface area contributed by atoms with Crippen LogP contribution in [0.3, 0.4) is 0 Å². The lowest BCUT2D eigenvalue weighted by molar-refractivity contribution is 0.101. The zero-order valence-electron chi connectivity index (χ0n) is 13.4. The third-order valence-electron chi connectivity index (χ3n) is 3.82. The molecule has 0 saturated carbocycles. The summed E-state index contributed by atoms with van der Waals surface area (Å²) in [6.45, 7) is 6.04. The van der Waals surface area contributed by atoms with E-state index >= 15 is 0 Å². The molecule has 3 aromatic rings. The highest BCUT2D eigenvalue weighted by molar-refractivity contribution is 6.01. The number of para-hydroxylation sites is 1. The Kier molecular flexibility index (Phi) is 3.93. The predicted molar refractivity (Wildman–Crippen MR) is 90.0 cm³/mol. The minimum absolute atomic E-state index is 0.145. The van der Waals surface area contributed by atoms with Gasteiger partial charge in [0.15, 0.2) is 0 Å². The summed E-state index contributed by atoms with van der Waals surface area (Å²) >= 11 is 0. The molecule has 0 aliphatic rings. The number of amides is 1. The molecule has 116 valence electrons. The van der Waals surface area contributed by atoms with E-state index < -0.39 is 0 Å². The molecule has 23 heavy (non-hydrogen) atoms. The average molecular weight is 306 g/mol. The van der Waals surface area contributed by atoms with Crippen molar-refractivity contribution in [3.63, 3.8) is 0 Å². The van der Waals surface area contributed by atoms with E-state index in [1.54, 1.807) is 11.0 Å². The molecule has 3 rings (SSSR count). The summed E-state index contributed by atoms with van der Waals surface area (Å²) in [4.78, 5) is 16.4. The number of benzene rings is 2. The number of nitrogens with one attached hydrogen (secondary N) is 1. The highest BCUT2D eigenvalue weighted by Gasteiger charge is 2.13. The Labute approximate surface area is 135 Å². The molecule has 0 unspecified atom stereocenters. The molecule has 0 atom stereocenters. The number of rotatable bonds is 3. The fourth-order valence-corrected chi connectivity index (χ4v) is 2.31. The molecule has 5 heteroatoms. The SMILES string of the molecule is Cc1ccc(NC(=O)c2ncn(-c3ccccc3C)n2)cc1C. The molecule has 0 fully saturated rings. The Balaban J connectivity index is 1.81. The third kappa shape index (κ3) is 3.13. The molecule has 1 N–H and O–H groups in total. The van der Waals surface area contributed by atoms with E-state index in [1.807, 2.05) is 63.2 Å². The summed E-state index contributed by atoms with van der Waals surface area (Å²) in [5, 5.41) is 7.10. The molecule has 0 saturated heterocycles. The van der Waals surface area contributed by atoms with Crippen LogP contribution in [-0.2, 0) is 0 Å². The molecular weight excluding hydrogens is 288 g/mol. The quantitative estimate of drug-likeness (QED) is 0.806. The number of nitrogens with zero attached hydrogens (tertiary/aromatic N) is 3. The summed E-state index contributed by atoms with van der Waals surface area (Å²) in [5.41, 5.74) is 5.03. The topological polar surface area (TPSA) is 59.8 Å². The monoisotopic (exact) mass is 306 g/mol. The molecule has 5 nitrogen and oxygen atoms in total. The van der Waals surface area contributed by atoms with Crippen LogP contribution in [0.4, 0.5) is 5.69 Å². The lowest BCUT2D eigenvalue weighted by Crippen LogP contribution is -2.14. The first kappa shape index (κ1) is 15.0. The summed E-state index contributed by atoms with van der Waals surface area (Å²) in [6, 6.07) is 13.6. The Morgan fingerprint density at radius 2 is 1.78 bits per heavy atom. The lowest BCUT2D eigenvalue weighted by atomic mass is 10.1. The van der Waals surface area contributed by atoms with Crippen molar-refractivity contribution in [2.45, 2.75) is 20.8 Å². The second-order valence-corrected chi connectivity index (χ2v) is 5.55. The molecule has 0 spiro atoms. The van der Waals surface area contributed by atoms with Gasteiger partial charge < -0.3 is 5.32 Å². The van der Waals surface area contributed by atoms with Gasteiger partial charge in [0.25, 0.3) is 5.91 Å². The highest BCUT2D eigenvalue weighted by Crippen LogP contribution is 2.15. The zero-order chi connectivity index (χ0) is 16.4. The molecule has 1 aromatic heterocycles. The van der Waals surface area contributed by atoms with Gasteiger partial charge in [0, 0.05) is 5.69 Å². The van der Waals surface area contributed by atoms with Gasteiger partial charge in [-0.2, -0.15) is 0 Å². The standard InChI is InChI=1S/C18H18N4O/c1-12-8-9-15(10-14(12)3)20-18(23)17-19-11-22(21-17)16-7-5-4-6-13(16)2/h4-11H,1-3H3,(H,20,23). The minimum Gasteiger partial charge on any atom is -0.319 e. The summed E-state index contributed by atoms with van der Waals surface area (Å²) < 4.78 is 1.62. The minimum atomic E-state index is -0.319. The second kappa shape index (κ2) is 6.04. The number of hydrogen-bond donors (Lipinski definition) is 1. The van der Waals surface area contributed by atoms with Crippen molar-refractivity contribution >= 4 is 11.6 Å². The summed E-state index contributed by atoms with van der Waals surface area (Å²) in [6.07, 6.45) is 1.55. The van der Waals surface area contributed by atoms with Gasteiger partial charge in [0.05, 0.1) is 5.69 Å². The normalized spacial score (nSPS) is 10.6. The van der Waals surface area contributed by atoms with Gasteiger partial charge in [0.1, 0.15) is 6.33 Å². The van der Waals surface area contributed by atoms with Crippen LogP contribution in [0, 0.1) is 20.8 Å². The molecule has 0 radical (unpaired) electrons. The van der Waals surface area contributed by atoms with Gasteiger partial charge >= 0.3 is 0 Å². The van der Waals surface area contributed by atoms with Gasteiger partial charge in [-0.05, 0) is 55.7 Å². The third-order valence-corrected chi connectivity index (χ3v) is 3.82. The van der Waals surface area contributed by atoms with Crippen molar-refractivity contribution in [1.82, 2.24) is 14.8 Å². The molecule has 2 aromatic carbocycles. The van der Waals surface area contributed by atoms with Crippen molar-refractivity contribution in [2.75, 3.05) is 5.32 Å². The van der Waals surface area contributed by atoms with Crippen LogP contribution in [0.25, 0.3) is 5.69 Å². The van der Waals surface area contributed by atoms with Crippen LogP contribution in [0.1, 0.15) is 27.3 Å². The number of aromatic nitrogens is 3. The second-order valence-electron chi connectivity index (χ2n) is 5.55. The first-order valence-corrected chi connectivity index (χ1v) is 7.41. The van der Waals surface area contributed by atoms with E-state index in [-0.39, 0.29) is 11.7 Å². The van der Waals surface area contributed by atoms with E-state index in [9.17, 15) is 4.79 Å². The van der Waals surface area contributed by atoms with Crippen molar-refractivity contribution < 1.29 is 4.79 Å². The van der Waals surface area contributed by atoms with Crippen LogP contribution in [0.15, 0.2) is 48.8 Å². The number of aryl methyl sites for hydroxylation is 3. The number of hydrogen-bond acceptors (Lipinski definition) is 3. The Morgan fingerprint density at radius 3 is 2.52 bits per heavy atom. The smallest absolute Gasteiger partial charge is 0.295 e. The summed E-state index contributed by atoms with van der Waals surface area (Å²) in [5.74, 6) is -0.174. The van der Waals surface area contributed by atoms with Crippen LogP contribution < -0.4 is 5.32 Å². The van der Waals surface area contributed by atoms with Gasteiger partial charge in [-0.15, -0.1) is 5.10 Å². The molecule has 0 bridgehead atoms. The summed E-state index contributed by atoms with van der Waals surface area (Å²) in [7, 11) is 0. The van der Waals surface area contributed by atoms with Gasteiger partial charge in [0.2, 0.25) is 5.82 Å². The Bertz CT molecular complexity index is 867. The first-order valence-electron chi connectivity index (χ1n) is 7.41. The van der Waals surface area contributed by atoms with Crippen LogP contribution in [0.5, 0.6) is 0 Å². The van der Waals surface area contributed by atoms with Crippen molar-refractivity contribution in [3.8, 4) is 5.69 Å². The molecule has 0 aliphatic heterocycles. The van der Waals surface area contributed by atoms with Crippen molar-refractivity contribution in [2.24, 2.45) is 0 Å². The van der Waals surface area contributed by atoms with E-state index in [0.717, 1.165) is 22.5 Å². The van der Waals surface area contributed by atoms with E-state index in [1.165, 1.54) is 5.56 Å².